The summed E-state index contributed by atoms with van der Waals surface area (Å²) in [6, 6.07) is 7.97. The van der Waals surface area contributed by atoms with Crippen LogP contribution in [-0.4, -0.2) is 43.0 Å². The molecule has 0 saturated carbocycles. The molecule has 1 saturated heterocycles. The maximum atomic E-state index is 7.48. The Kier molecular flexibility index (Phi) is 4.09. The van der Waals surface area contributed by atoms with E-state index in [1.165, 1.54) is 0 Å². The van der Waals surface area contributed by atoms with Crippen molar-refractivity contribution in [3.05, 3.63) is 29.3 Å². The van der Waals surface area contributed by atoms with Crippen LogP contribution in [-0.2, 0) is 0 Å². The van der Waals surface area contributed by atoms with E-state index in [0.29, 0.717) is 0 Å². The molecule has 1 fully saturated rings. The quantitative estimate of drug-likeness (QED) is 0.648. The minimum absolute atomic E-state index is 0.0338. The third-order valence-corrected chi connectivity index (χ3v) is 3.72. The number of rotatable bonds is 3. The van der Waals surface area contributed by atoms with Crippen LogP contribution in [0.2, 0.25) is 5.02 Å². The van der Waals surface area contributed by atoms with Gasteiger partial charge in [-0.15, -0.1) is 0 Å². The van der Waals surface area contributed by atoms with E-state index in [2.05, 4.69) is 15.9 Å². The van der Waals surface area contributed by atoms with Gasteiger partial charge in [0, 0.05) is 36.9 Å². The fourth-order valence-electron chi connectivity index (χ4n) is 2.24. The third kappa shape index (κ3) is 2.94. The fourth-order valence-corrected chi connectivity index (χ4v) is 2.42. The Labute approximate surface area is 113 Å². The number of halogens is 1. The van der Waals surface area contributed by atoms with Crippen molar-refractivity contribution in [1.29, 1.82) is 5.41 Å². The van der Waals surface area contributed by atoms with E-state index in [1.54, 1.807) is 0 Å². The van der Waals surface area contributed by atoms with Gasteiger partial charge in [-0.1, -0.05) is 17.7 Å². The normalized spacial score (nSPS) is 18.7. The molecule has 0 aliphatic carbocycles. The molecule has 5 heteroatoms. The second kappa shape index (κ2) is 5.59. The number of nitrogens with one attached hydrogen (secondary N) is 1. The first-order valence-electron chi connectivity index (χ1n) is 6.16. The van der Waals surface area contributed by atoms with Gasteiger partial charge >= 0.3 is 0 Å². The first kappa shape index (κ1) is 13.2. The van der Waals surface area contributed by atoms with Crippen LogP contribution in [0.25, 0.3) is 0 Å². The molecular weight excluding hydrogens is 248 g/mol. The molecule has 98 valence electrons. The molecule has 1 heterocycles. The summed E-state index contributed by atoms with van der Waals surface area (Å²) in [4.78, 5) is 4.55. The smallest absolute Gasteiger partial charge is 0.108 e. The van der Waals surface area contributed by atoms with Gasteiger partial charge in [0.05, 0.1) is 6.04 Å². The van der Waals surface area contributed by atoms with Crippen LogP contribution < -0.4 is 10.6 Å². The van der Waals surface area contributed by atoms with Crippen LogP contribution in [0.1, 0.15) is 6.92 Å². The summed E-state index contributed by atoms with van der Waals surface area (Å²) in [6.07, 6.45) is 0. The van der Waals surface area contributed by atoms with Crippen molar-refractivity contribution in [2.24, 2.45) is 5.73 Å². The number of nitrogens with two attached hydrogens (primary N) is 1. The molecule has 1 aliphatic heterocycles. The largest absolute Gasteiger partial charge is 0.386 e. The second-order valence-corrected chi connectivity index (χ2v) is 5.07. The minimum Gasteiger partial charge on any atom is -0.386 e. The number of piperazine rings is 1. The molecule has 0 radical (unpaired) electrons. The van der Waals surface area contributed by atoms with Gasteiger partial charge < -0.3 is 10.6 Å². The highest BCUT2D eigenvalue weighted by atomic mass is 35.5. The van der Waals surface area contributed by atoms with Crippen molar-refractivity contribution in [3.63, 3.8) is 0 Å². The summed E-state index contributed by atoms with van der Waals surface area (Å²) in [5.41, 5.74) is 6.71. The topological polar surface area (TPSA) is 56.4 Å². The number of anilines is 1. The zero-order valence-electron chi connectivity index (χ0n) is 10.6. The van der Waals surface area contributed by atoms with E-state index < -0.39 is 0 Å². The number of hydrogen-bond acceptors (Lipinski definition) is 3. The van der Waals surface area contributed by atoms with Gasteiger partial charge in [0.15, 0.2) is 0 Å². The Morgan fingerprint density at radius 1 is 1.33 bits per heavy atom. The van der Waals surface area contributed by atoms with Gasteiger partial charge in [-0.3, -0.25) is 10.3 Å². The summed E-state index contributed by atoms with van der Waals surface area (Å²) in [5, 5.41) is 8.25. The Bertz CT molecular complexity index is 427. The van der Waals surface area contributed by atoms with Crippen molar-refractivity contribution in [1.82, 2.24) is 4.90 Å². The zero-order valence-corrected chi connectivity index (χ0v) is 11.3. The second-order valence-electron chi connectivity index (χ2n) is 4.63. The predicted octanol–water partition coefficient (Wildman–Crippen LogP) is 1.79. The fraction of sp³-hybridized carbons (Fsp3) is 0.462. The lowest BCUT2D eigenvalue weighted by Gasteiger charge is -2.38. The average Bonchev–Trinajstić information content (AvgIpc) is 2.38. The highest BCUT2D eigenvalue weighted by molar-refractivity contribution is 6.30. The first-order chi connectivity index (χ1) is 8.58. The van der Waals surface area contributed by atoms with Gasteiger partial charge in [0.25, 0.3) is 0 Å². The van der Waals surface area contributed by atoms with Crippen molar-refractivity contribution < 1.29 is 0 Å². The standard InChI is InChI=1S/C13H19ClN4/c1-10(13(15)16)17-5-7-18(8-6-17)12-4-2-3-11(14)9-12/h2-4,9-10H,5-8H2,1H3,(H3,15,16). The van der Waals surface area contributed by atoms with Crippen molar-refractivity contribution >= 4 is 23.1 Å². The predicted molar refractivity (Wildman–Crippen MR) is 76.6 cm³/mol. The van der Waals surface area contributed by atoms with E-state index in [-0.39, 0.29) is 11.9 Å². The van der Waals surface area contributed by atoms with E-state index >= 15 is 0 Å². The van der Waals surface area contributed by atoms with E-state index in [0.717, 1.165) is 36.9 Å². The SMILES string of the molecule is CC(C(=N)N)N1CCN(c2cccc(Cl)c2)CC1. The van der Waals surface area contributed by atoms with Gasteiger partial charge in [-0.25, -0.2) is 0 Å². The molecular formula is C13H19ClN4. The van der Waals surface area contributed by atoms with Crippen LogP contribution in [0.3, 0.4) is 0 Å². The molecule has 0 bridgehead atoms. The molecule has 1 aliphatic rings. The van der Waals surface area contributed by atoms with E-state index in [1.807, 2.05) is 25.1 Å². The van der Waals surface area contributed by atoms with E-state index in [9.17, 15) is 0 Å². The molecule has 18 heavy (non-hydrogen) atoms. The van der Waals surface area contributed by atoms with Crippen LogP contribution >= 0.6 is 11.6 Å². The molecule has 4 nitrogen and oxygen atoms in total. The number of benzene rings is 1. The lowest BCUT2D eigenvalue weighted by molar-refractivity contribution is 0.237. The highest BCUT2D eigenvalue weighted by Gasteiger charge is 2.22. The lowest BCUT2D eigenvalue weighted by atomic mass is 10.2. The van der Waals surface area contributed by atoms with Gasteiger partial charge in [-0.2, -0.15) is 0 Å². The molecule has 3 N–H and O–H groups in total. The molecule has 2 rings (SSSR count). The summed E-state index contributed by atoms with van der Waals surface area (Å²) in [5.74, 6) is 0.242. The molecule has 1 aromatic carbocycles. The highest BCUT2D eigenvalue weighted by Crippen LogP contribution is 2.21. The summed E-state index contributed by atoms with van der Waals surface area (Å²) in [6.45, 7) is 5.72. The Morgan fingerprint density at radius 2 is 2.00 bits per heavy atom. The van der Waals surface area contributed by atoms with Crippen LogP contribution in [0.5, 0.6) is 0 Å². The Balaban J connectivity index is 1.96. The van der Waals surface area contributed by atoms with Crippen molar-refractivity contribution in [2.75, 3.05) is 31.1 Å². The summed E-state index contributed by atoms with van der Waals surface area (Å²) in [7, 11) is 0. The van der Waals surface area contributed by atoms with Gasteiger partial charge in [0.2, 0.25) is 0 Å². The van der Waals surface area contributed by atoms with E-state index in [4.69, 9.17) is 22.7 Å². The molecule has 0 amide bonds. The molecule has 0 aromatic heterocycles. The number of amidine groups is 1. The van der Waals surface area contributed by atoms with Crippen molar-refractivity contribution in [2.45, 2.75) is 13.0 Å². The minimum atomic E-state index is 0.0338. The van der Waals surface area contributed by atoms with Gasteiger partial charge in [0.1, 0.15) is 5.84 Å². The average molecular weight is 267 g/mol. The summed E-state index contributed by atoms with van der Waals surface area (Å²) >= 11 is 6.00. The molecule has 0 spiro atoms. The van der Waals surface area contributed by atoms with Gasteiger partial charge in [-0.05, 0) is 25.1 Å². The molecule has 1 aromatic rings. The Hall–Kier alpha value is -1.26. The number of hydrogen-bond donors (Lipinski definition) is 2. The Morgan fingerprint density at radius 3 is 2.56 bits per heavy atom. The van der Waals surface area contributed by atoms with Crippen LogP contribution in [0.4, 0.5) is 5.69 Å². The van der Waals surface area contributed by atoms with Crippen LogP contribution in [0.15, 0.2) is 24.3 Å². The first-order valence-corrected chi connectivity index (χ1v) is 6.54. The maximum absolute atomic E-state index is 7.48. The third-order valence-electron chi connectivity index (χ3n) is 3.49. The maximum Gasteiger partial charge on any atom is 0.108 e. The molecule has 1 atom stereocenters. The summed E-state index contributed by atoms with van der Waals surface area (Å²) < 4.78 is 0. The monoisotopic (exact) mass is 266 g/mol. The van der Waals surface area contributed by atoms with Crippen LogP contribution in [0, 0.1) is 5.41 Å². The van der Waals surface area contributed by atoms with Crippen molar-refractivity contribution in [3.8, 4) is 0 Å². The molecule has 1 unspecified atom stereocenters. The lowest BCUT2D eigenvalue weighted by Crippen LogP contribution is -2.53. The zero-order chi connectivity index (χ0) is 13.1. The number of nitrogens with zero attached hydrogens (tertiary/aromatic N) is 2.